The van der Waals surface area contributed by atoms with Gasteiger partial charge in [0, 0.05) is 30.4 Å². The molecule has 3 fully saturated rings. The number of rotatable bonds is 2. The molecule has 2 bridgehead atoms. The lowest BCUT2D eigenvalue weighted by molar-refractivity contribution is 0.390. The van der Waals surface area contributed by atoms with Crippen LogP contribution in [-0.2, 0) is 13.5 Å². The molecule has 1 heterocycles. The lowest BCUT2D eigenvalue weighted by Crippen LogP contribution is -2.30. The van der Waals surface area contributed by atoms with Gasteiger partial charge in [-0.05, 0) is 62.2 Å². The summed E-state index contributed by atoms with van der Waals surface area (Å²) in [4.78, 5) is 0. The molecule has 4 aliphatic rings. The fraction of sp³-hybridized carbons (Fsp3) is 0.812. The summed E-state index contributed by atoms with van der Waals surface area (Å²) in [5.74, 6) is 4.23. The van der Waals surface area contributed by atoms with Gasteiger partial charge in [0.15, 0.2) is 0 Å². The van der Waals surface area contributed by atoms with Crippen molar-refractivity contribution in [2.45, 2.75) is 50.6 Å². The third kappa shape index (κ3) is 1.40. The zero-order valence-electron chi connectivity index (χ0n) is 11.7. The van der Waals surface area contributed by atoms with Crippen LogP contribution in [-0.4, -0.2) is 15.8 Å². The fourth-order valence-electron chi connectivity index (χ4n) is 5.66. The largest absolute Gasteiger partial charge is 0.306 e. The van der Waals surface area contributed by atoms with E-state index in [0.29, 0.717) is 6.04 Å². The predicted molar refractivity (Wildman–Crippen MR) is 73.6 cm³/mol. The third-order valence-corrected chi connectivity index (χ3v) is 6.50. The smallest absolute Gasteiger partial charge is 0.0540 e. The molecule has 1 aromatic heterocycles. The Morgan fingerprint density at radius 2 is 2.00 bits per heavy atom. The van der Waals surface area contributed by atoms with Gasteiger partial charge in [-0.25, -0.2) is 0 Å². The van der Waals surface area contributed by atoms with E-state index in [4.69, 9.17) is 0 Å². The van der Waals surface area contributed by atoms with Crippen molar-refractivity contribution >= 4 is 0 Å². The number of nitrogens with zero attached hydrogens (tertiary/aromatic N) is 2. The average Bonchev–Trinajstić information content (AvgIpc) is 2.82. The van der Waals surface area contributed by atoms with Crippen molar-refractivity contribution in [3.8, 4) is 0 Å². The minimum atomic E-state index is 0.590. The number of aryl methyl sites for hydroxylation is 1. The maximum atomic E-state index is 4.47. The van der Waals surface area contributed by atoms with Crippen molar-refractivity contribution in [3.63, 3.8) is 0 Å². The molecule has 5 rings (SSSR count). The van der Waals surface area contributed by atoms with Gasteiger partial charge >= 0.3 is 0 Å². The van der Waals surface area contributed by atoms with Gasteiger partial charge < -0.3 is 5.32 Å². The molecular formula is C16H23N3. The van der Waals surface area contributed by atoms with Gasteiger partial charge in [0.25, 0.3) is 0 Å². The van der Waals surface area contributed by atoms with Crippen molar-refractivity contribution < 1.29 is 0 Å². The lowest BCUT2D eigenvalue weighted by atomic mass is 9.92. The second-order valence-corrected chi connectivity index (χ2v) is 7.30. The van der Waals surface area contributed by atoms with Gasteiger partial charge in [-0.2, -0.15) is 5.10 Å². The molecule has 0 amide bonds. The van der Waals surface area contributed by atoms with E-state index in [-0.39, 0.29) is 0 Å². The molecule has 0 saturated heterocycles. The molecule has 4 aliphatic carbocycles. The highest BCUT2D eigenvalue weighted by Gasteiger charge is 2.65. The van der Waals surface area contributed by atoms with E-state index in [1.54, 1.807) is 6.42 Å². The van der Waals surface area contributed by atoms with Gasteiger partial charge in [-0.15, -0.1) is 0 Å². The Bertz CT molecular complexity index is 504. The van der Waals surface area contributed by atoms with Crippen LogP contribution in [0.3, 0.4) is 0 Å². The van der Waals surface area contributed by atoms with Crippen LogP contribution in [0.15, 0.2) is 6.20 Å². The third-order valence-electron chi connectivity index (χ3n) is 6.50. The van der Waals surface area contributed by atoms with Gasteiger partial charge in [0.2, 0.25) is 0 Å². The Labute approximate surface area is 114 Å². The quantitative estimate of drug-likeness (QED) is 0.882. The molecule has 3 nitrogen and oxygen atoms in total. The molecule has 0 aromatic carbocycles. The average molecular weight is 257 g/mol. The van der Waals surface area contributed by atoms with E-state index in [1.807, 2.05) is 0 Å². The summed E-state index contributed by atoms with van der Waals surface area (Å²) < 4.78 is 2.08. The number of hydrogen-bond acceptors (Lipinski definition) is 2. The Balaban J connectivity index is 1.36. The topological polar surface area (TPSA) is 29.9 Å². The first-order valence-corrected chi connectivity index (χ1v) is 8.10. The SMILES string of the molecule is Cn1ncc2c1CCCC2NC1C2C3CCC(C3)C12. The molecular weight excluding hydrogens is 234 g/mol. The zero-order valence-corrected chi connectivity index (χ0v) is 11.7. The molecule has 0 radical (unpaired) electrons. The second-order valence-electron chi connectivity index (χ2n) is 7.30. The van der Waals surface area contributed by atoms with Gasteiger partial charge in [-0.3, -0.25) is 4.68 Å². The molecule has 5 atom stereocenters. The zero-order chi connectivity index (χ0) is 12.6. The monoisotopic (exact) mass is 257 g/mol. The molecule has 5 unspecified atom stereocenters. The molecule has 0 aliphatic heterocycles. The Hall–Kier alpha value is -0.830. The molecule has 3 saturated carbocycles. The van der Waals surface area contributed by atoms with E-state index in [0.717, 1.165) is 29.7 Å². The first kappa shape index (κ1) is 10.9. The first-order valence-electron chi connectivity index (χ1n) is 8.10. The van der Waals surface area contributed by atoms with Crippen LogP contribution in [0.1, 0.15) is 49.4 Å². The van der Waals surface area contributed by atoms with Crippen LogP contribution in [0.5, 0.6) is 0 Å². The molecule has 1 aromatic rings. The van der Waals surface area contributed by atoms with E-state index in [9.17, 15) is 0 Å². The van der Waals surface area contributed by atoms with E-state index in [2.05, 4.69) is 28.3 Å². The number of hydrogen-bond donors (Lipinski definition) is 1. The first-order chi connectivity index (χ1) is 9.33. The van der Waals surface area contributed by atoms with Crippen molar-refractivity contribution in [2.24, 2.45) is 30.7 Å². The molecule has 19 heavy (non-hydrogen) atoms. The normalized spacial score (nSPS) is 46.2. The number of nitrogens with one attached hydrogen (secondary N) is 1. The maximum Gasteiger partial charge on any atom is 0.0540 e. The Morgan fingerprint density at radius 1 is 1.21 bits per heavy atom. The summed E-state index contributed by atoms with van der Waals surface area (Å²) in [5, 5.41) is 8.48. The molecule has 3 heteroatoms. The predicted octanol–water partition coefficient (Wildman–Crippen LogP) is 2.43. The molecule has 1 N–H and O–H groups in total. The van der Waals surface area contributed by atoms with Crippen LogP contribution in [0.2, 0.25) is 0 Å². The number of aromatic nitrogens is 2. The highest BCUT2D eigenvalue weighted by atomic mass is 15.3. The minimum Gasteiger partial charge on any atom is -0.306 e. The number of fused-ring (bicyclic) bond motifs is 6. The summed E-state index contributed by atoms with van der Waals surface area (Å²) in [5.41, 5.74) is 2.96. The van der Waals surface area contributed by atoms with E-state index < -0.39 is 0 Å². The Kier molecular flexibility index (Phi) is 2.08. The summed E-state index contributed by atoms with van der Waals surface area (Å²) in [6.07, 6.45) is 10.5. The van der Waals surface area contributed by atoms with Gasteiger partial charge in [0.05, 0.1) is 6.20 Å². The van der Waals surface area contributed by atoms with Crippen molar-refractivity contribution in [2.75, 3.05) is 0 Å². The summed E-state index contributed by atoms with van der Waals surface area (Å²) in [7, 11) is 2.09. The molecule has 0 spiro atoms. The van der Waals surface area contributed by atoms with Gasteiger partial charge in [0.1, 0.15) is 0 Å². The standard InChI is InChI=1S/C16H23N3/c1-19-13-4-2-3-12(11(13)8-17-19)18-16-14-9-5-6-10(7-9)15(14)16/h8-10,12,14-16,18H,2-7H2,1H3. The van der Waals surface area contributed by atoms with E-state index >= 15 is 0 Å². The van der Waals surface area contributed by atoms with E-state index in [1.165, 1.54) is 43.4 Å². The van der Waals surface area contributed by atoms with Crippen LogP contribution >= 0.6 is 0 Å². The van der Waals surface area contributed by atoms with Gasteiger partial charge in [-0.1, -0.05) is 0 Å². The van der Waals surface area contributed by atoms with Crippen LogP contribution in [0.4, 0.5) is 0 Å². The summed E-state index contributed by atoms with van der Waals surface area (Å²) in [6.45, 7) is 0. The van der Waals surface area contributed by atoms with Crippen LogP contribution in [0, 0.1) is 23.7 Å². The lowest BCUT2D eigenvalue weighted by Gasteiger charge is -2.25. The fourth-order valence-corrected chi connectivity index (χ4v) is 5.66. The summed E-state index contributed by atoms with van der Waals surface area (Å²) in [6, 6.07) is 1.44. The van der Waals surface area contributed by atoms with Crippen molar-refractivity contribution in [1.82, 2.24) is 15.1 Å². The minimum absolute atomic E-state index is 0.590. The molecule has 102 valence electrons. The highest BCUT2D eigenvalue weighted by Crippen LogP contribution is 2.66. The van der Waals surface area contributed by atoms with Crippen molar-refractivity contribution in [3.05, 3.63) is 17.5 Å². The highest BCUT2D eigenvalue weighted by molar-refractivity contribution is 5.26. The van der Waals surface area contributed by atoms with Crippen LogP contribution in [0.25, 0.3) is 0 Å². The van der Waals surface area contributed by atoms with Crippen molar-refractivity contribution in [1.29, 1.82) is 0 Å². The van der Waals surface area contributed by atoms with Crippen LogP contribution < -0.4 is 5.32 Å². The maximum absolute atomic E-state index is 4.47. The second kappa shape index (κ2) is 3.63. The Morgan fingerprint density at radius 3 is 2.79 bits per heavy atom. The summed E-state index contributed by atoms with van der Waals surface area (Å²) >= 11 is 0.